The minimum absolute atomic E-state index is 0.0542. The van der Waals surface area contributed by atoms with E-state index in [1.165, 1.54) is 0 Å². The van der Waals surface area contributed by atoms with Crippen LogP contribution < -0.4 is 5.32 Å². The molecule has 0 aromatic carbocycles. The van der Waals surface area contributed by atoms with Crippen LogP contribution in [0.2, 0.25) is 0 Å². The number of nitrogens with zero attached hydrogens (tertiary/aromatic N) is 2. The minimum atomic E-state index is -0.590. The summed E-state index contributed by atoms with van der Waals surface area (Å²) < 4.78 is 6.22. The number of amides is 2. The molecule has 3 rings (SSSR count). The fourth-order valence-corrected chi connectivity index (χ4v) is 4.09. The van der Waals surface area contributed by atoms with Gasteiger partial charge in [-0.3, -0.25) is 9.69 Å². The first-order valence-corrected chi connectivity index (χ1v) is 9.81. The molecule has 1 N–H and O–H groups in total. The molecule has 1 aliphatic heterocycles. The lowest BCUT2D eigenvalue weighted by molar-refractivity contribution is -0.121. The second-order valence-electron chi connectivity index (χ2n) is 8.33. The van der Waals surface area contributed by atoms with Crippen molar-refractivity contribution in [1.29, 1.82) is 0 Å². The summed E-state index contributed by atoms with van der Waals surface area (Å²) in [5.41, 5.74) is 0.338. The summed E-state index contributed by atoms with van der Waals surface area (Å²) in [5.74, 6) is 0.309. The smallest absolute Gasteiger partial charge is 0.411 e. The average Bonchev–Trinajstić information content (AvgIpc) is 3.14. The average molecular weight is 424 g/mol. The number of aromatic nitrogens is 1. The van der Waals surface area contributed by atoms with Gasteiger partial charge < -0.3 is 10.1 Å². The number of piperidine rings is 1. The molecule has 1 aliphatic carbocycles. The summed E-state index contributed by atoms with van der Waals surface area (Å²) in [6, 6.07) is 3.28. The second-order valence-corrected chi connectivity index (χ2v) is 9.14. The zero-order valence-corrected chi connectivity index (χ0v) is 17.5. The molecule has 1 saturated heterocycles. The summed E-state index contributed by atoms with van der Waals surface area (Å²) in [6.45, 7) is 9.52. The number of carbonyl (C=O) groups is 2. The monoisotopic (exact) mass is 423 g/mol. The van der Waals surface area contributed by atoms with E-state index in [0.717, 1.165) is 18.4 Å². The quantitative estimate of drug-likeness (QED) is 0.736. The maximum absolute atomic E-state index is 13.0. The van der Waals surface area contributed by atoms with Gasteiger partial charge in [0.2, 0.25) is 5.91 Å². The Morgan fingerprint density at radius 3 is 2.69 bits per heavy atom. The number of fused-ring (bicyclic) bond motifs is 1. The van der Waals surface area contributed by atoms with Gasteiger partial charge in [0.15, 0.2) is 0 Å². The van der Waals surface area contributed by atoms with Crippen molar-refractivity contribution in [2.75, 3.05) is 5.32 Å². The van der Waals surface area contributed by atoms with Crippen molar-refractivity contribution in [3.8, 4) is 0 Å². The Labute approximate surface area is 162 Å². The number of rotatable bonds is 3. The van der Waals surface area contributed by atoms with Crippen LogP contribution in [0.1, 0.15) is 52.5 Å². The molecule has 2 fully saturated rings. The van der Waals surface area contributed by atoms with E-state index in [0.29, 0.717) is 16.8 Å². The molecular weight excluding hydrogens is 398 g/mol. The van der Waals surface area contributed by atoms with Gasteiger partial charge in [-0.2, -0.15) is 0 Å². The molecule has 142 valence electrons. The van der Waals surface area contributed by atoms with Gasteiger partial charge in [0.25, 0.3) is 0 Å². The maximum atomic E-state index is 13.0. The van der Waals surface area contributed by atoms with Gasteiger partial charge in [-0.25, -0.2) is 9.78 Å². The van der Waals surface area contributed by atoms with E-state index in [4.69, 9.17) is 4.74 Å². The maximum Gasteiger partial charge on any atom is 0.411 e. The number of carbonyl (C=O) groups excluding carboxylic acids is 2. The lowest BCUT2D eigenvalue weighted by atomic mass is 9.96. The topological polar surface area (TPSA) is 71.5 Å². The summed E-state index contributed by atoms with van der Waals surface area (Å²) >= 11 is 3.33. The van der Waals surface area contributed by atoms with Gasteiger partial charge in [0, 0.05) is 6.04 Å². The van der Waals surface area contributed by atoms with Crippen LogP contribution in [0.3, 0.4) is 0 Å². The van der Waals surface area contributed by atoms with Gasteiger partial charge in [-0.15, -0.1) is 0 Å². The number of hydrogen-bond donors (Lipinski definition) is 1. The van der Waals surface area contributed by atoms with Gasteiger partial charge in [-0.05, 0) is 79.9 Å². The second kappa shape index (κ2) is 6.51. The molecule has 0 spiro atoms. The Kier molecular flexibility index (Phi) is 4.80. The Balaban J connectivity index is 1.81. The van der Waals surface area contributed by atoms with Crippen molar-refractivity contribution in [2.45, 2.75) is 71.6 Å². The van der Waals surface area contributed by atoms with E-state index in [1.54, 1.807) is 4.90 Å². The zero-order valence-electron chi connectivity index (χ0n) is 15.9. The molecule has 6 nitrogen and oxygen atoms in total. The van der Waals surface area contributed by atoms with E-state index in [9.17, 15) is 9.59 Å². The fourth-order valence-electron chi connectivity index (χ4n) is 3.78. The lowest BCUT2D eigenvalue weighted by Crippen LogP contribution is -2.47. The van der Waals surface area contributed by atoms with Gasteiger partial charge >= 0.3 is 6.09 Å². The van der Waals surface area contributed by atoms with Crippen LogP contribution in [0, 0.1) is 12.3 Å². The number of anilines is 1. The molecule has 0 radical (unpaired) electrons. The highest BCUT2D eigenvalue weighted by atomic mass is 79.9. The standard InChI is InChI=1S/C19H26BrN3O3/c1-6-19-9-12(16(24)22-15-11(2)7-8-14(20)21-15)23(13(19)10-19)17(25)26-18(3,4)5/h7-8,12-13H,6,9-10H2,1-5H3,(H,21,22,24)/t12-,13+,19-/m0/s1. The van der Waals surface area contributed by atoms with E-state index < -0.39 is 17.7 Å². The number of ether oxygens (including phenoxy) is 1. The molecule has 1 aromatic rings. The first-order chi connectivity index (χ1) is 12.1. The summed E-state index contributed by atoms with van der Waals surface area (Å²) in [5, 5.41) is 2.89. The van der Waals surface area contributed by atoms with Gasteiger partial charge in [0.1, 0.15) is 22.1 Å². The molecule has 1 saturated carbocycles. The summed E-state index contributed by atoms with van der Waals surface area (Å²) in [4.78, 5) is 31.7. The number of hydrogen-bond acceptors (Lipinski definition) is 4. The van der Waals surface area contributed by atoms with Crippen LogP contribution in [0.4, 0.5) is 10.6 Å². The molecule has 0 unspecified atom stereocenters. The normalized spacial score (nSPS) is 27.1. The van der Waals surface area contributed by atoms with Crippen molar-refractivity contribution in [1.82, 2.24) is 9.88 Å². The third-order valence-electron chi connectivity index (χ3n) is 5.33. The third kappa shape index (κ3) is 3.59. The molecule has 7 heteroatoms. The van der Waals surface area contributed by atoms with Crippen molar-refractivity contribution in [3.63, 3.8) is 0 Å². The van der Waals surface area contributed by atoms with Crippen LogP contribution >= 0.6 is 15.9 Å². The number of nitrogens with one attached hydrogen (secondary N) is 1. The Morgan fingerprint density at radius 2 is 2.08 bits per heavy atom. The van der Waals surface area contributed by atoms with Crippen LogP contribution in [-0.2, 0) is 9.53 Å². The Bertz CT molecular complexity index is 746. The minimum Gasteiger partial charge on any atom is -0.444 e. The first-order valence-electron chi connectivity index (χ1n) is 9.01. The van der Waals surface area contributed by atoms with E-state index >= 15 is 0 Å². The van der Waals surface area contributed by atoms with Crippen molar-refractivity contribution in [2.24, 2.45) is 5.41 Å². The van der Waals surface area contributed by atoms with E-state index in [-0.39, 0.29) is 17.4 Å². The highest BCUT2D eigenvalue weighted by Crippen LogP contribution is 2.61. The highest BCUT2D eigenvalue weighted by molar-refractivity contribution is 9.10. The molecule has 2 amide bonds. The SMILES string of the molecule is CC[C@@]12C[C@@H](C(=O)Nc3nc(Br)ccc3C)N(C(=O)OC(C)(C)C)[C@@H]1C2. The molecule has 2 heterocycles. The number of aryl methyl sites for hydroxylation is 1. The largest absolute Gasteiger partial charge is 0.444 e. The van der Waals surface area contributed by atoms with Crippen LogP contribution in [0.25, 0.3) is 0 Å². The molecule has 0 bridgehead atoms. The number of halogens is 1. The summed E-state index contributed by atoms with van der Waals surface area (Å²) in [6.07, 6.45) is 2.16. The first kappa shape index (κ1) is 19.1. The van der Waals surface area contributed by atoms with Crippen molar-refractivity contribution < 1.29 is 14.3 Å². The van der Waals surface area contributed by atoms with Crippen LogP contribution in [-0.4, -0.2) is 39.6 Å². The molecule has 2 aliphatic rings. The van der Waals surface area contributed by atoms with Crippen LogP contribution in [0.15, 0.2) is 16.7 Å². The number of likely N-dealkylation sites (tertiary alicyclic amines) is 1. The Morgan fingerprint density at radius 1 is 1.38 bits per heavy atom. The third-order valence-corrected chi connectivity index (χ3v) is 5.78. The number of pyridine rings is 1. The zero-order chi connectivity index (χ0) is 19.3. The Hall–Kier alpha value is -1.63. The molecule has 1 aromatic heterocycles. The fraction of sp³-hybridized carbons (Fsp3) is 0.632. The van der Waals surface area contributed by atoms with Gasteiger partial charge in [-0.1, -0.05) is 13.0 Å². The molecule has 3 atom stereocenters. The van der Waals surface area contributed by atoms with E-state index in [2.05, 4.69) is 33.2 Å². The van der Waals surface area contributed by atoms with E-state index in [1.807, 2.05) is 39.8 Å². The van der Waals surface area contributed by atoms with Crippen molar-refractivity contribution in [3.05, 3.63) is 22.3 Å². The van der Waals surface area contributed by atoms with Crippen LogP contribution in [0.5, 0.6) is 0 Å². The molecular formula is C19H26BrN3O3. The van der Waals surface area contributed by atoms with Gasteiger partial charge in [0.05, 0.1) is 0 Å². The van der Waals surface area contributed by atoms with Crippen molar-refractivity contribution >= 4 is 33.7 Å². The molecule has 26 heavy (non-hydrogen) atoms. The summed E-state index contributed by atoms with van der Waals surface area (Å²) in [7, 11) is 0. The highest BCUT2D eigenvalue weighted by Gasteiger charge is 2.66. The lowest BCUT2D eigenvalue weighted by Gasteiger charge is -2.29. The predicted octanol–water partition coefficient (Wildman–Crippen LogP) is 4.27. The predicted molar refractivity (Wildman–Crippen MR) is 103 cm³/mol.